The number of hydrogen-bond acceptors (Lipinski definition) is 4. The molecule has 2 heterocycles. The number of thioether (sulfide) groups is 1. The van der Waals surface area contributed by atoms with Crippen molar-refractivity contribution in [2.45, 2.75) is 31.2 Å². The van der Waals surface area contributed by atoms with E-state index >= 15 is 0 Å². The van der Waals surface area contributed by atoms with Crippen LogP contribution in [-0.4, -0.2) is 29.6 Å². The van der Waals surface area contributed by atoms with Gasteiger partial charge in [-0.1, -0.05) is 0 Å². The van der Waals surface area contributed by atoms with E-state index in [0.717, 1.165) is 30.6 Å². The molecule has 6 heteroatoms. The Hall–Kier alpha value is -2.34. The van der Waals surface area contributed by atoms with E-state index in [9.17, 15) is 9.59 Å². The van der Waals surface area contributed by atoms with Gasteiger partial charge in [-0.25, -0.2) is 4.98 Å². The summed E-state index contributed by atoms with van der Waals surface area (Å²) in [7, 11) is 0. The maximum atomic E-state index is 12.5. The summed E-state index contributed by atoms with van der Waals surface area (Å²) in [6, 6.07) is 9.18. The van der Waals surface area contributed by atoms with E-state index in [2.05, 4.69) is 10.3 Å². The minimum absolute atomic E-state index is 0.172. The van der Waals surface area contributed by atoms with Crippen LogP contribution in [0.25, 0.3) is 0 Å². The number of anilines is 2. The summed E-state index contributed by atoms with van der Waals surface area (Å²) >= 11 is 1.44. The van der Waals surface area contributed by atoms with Gasteiger partial charge in [-0.05, 0) is 61.9 Å². The first-order valence-electron chi connectivity index (χ1n) is 8.31. The van der Waals surface area contributed by atoms with Gasteiger partial charge in [-0.2, -0.15) is 0 Å². The summed E-state index contributed by atoms with van der Waals surface area (Å²) in [5.41, 5.74) is 3.17. The highest BCUT2D eigenvalue weighted by Crippen LogP contribution is 2.27. The number of hydrogen-bond donors (Lipinski definition) is 1. The number of piperidine rings is 1. The Labute approximate surface area is 151 Å². The molecule has 130 valence electrons. The highest BCUT2D eigenvalue weighted by molar-refractivity contribution is 7.98. The normalized spacial score (nSPS) is 14.5. The highest BCUT2D eigenvalue weighted by atomic mass is 32.2. The molecule has 3 rings (SSSR count). The number of amides is 2. The van der Waals surface area contributed by atoms with Crippen molar-refractivity contribution in [1.82, 2.24) is 4.98 Å². The van der Waals surface area contributed by atoms with Crippen molar-refractivity contribution < 1.29 is 9.59 Å². The van der Waals surface area contributed by atoms with Crippen molar-refractivity contribution in [3.63, 3.8) is 0 Å². The number of carbonyl (C=O) groups excluding carboxylic acids is 2. The molecule has 1 aromatic heterocycles. The van der Waals surface area contributed by atoms with Crippen molar-refractivity contribution in [2.24, 2.45) is 0 Å². The lowest BCUT2D eigenvalue weighted by atomic mass is 10.1. The molecule has 1 aromatic carbocycles. The molecule has 1 aliphatic rings. The van der Waals surface area contributed by atoms with Crippen LogP contribution in [0.1, 0.15) is 35.2 Å². The number of pyridine rings is 1. The average molecular weight is 355 g/mol. The second-order valence-electron chi connectivity index (χ2n) is 6.02. The Morgan fingerprint density at radius 2 is 2.12 bits per heavy atom. The molecule has 0 atom stereocenters. The first kappa shape index (κ1) is 17.5. The van der Waals surface area contributed by atoms with E-state index < -0.39 is 0 Å². The van der Waals surface area contributed by atoms with Gasteiger partial charge >= 0.3 is 0 Å². The molecule has 1 aliphatic heterocycles. The lowest BCUT2D eigenvalue weighted by molar-refractivity contribution is -0.119. The topological polar surface area (TPSA) is 62.3 Å². The van der Waals surface area contributed by atoms with Gasteiger partial charge in [0.1, 0.15) is 5.03 Å². The molecular formula is C19H21N3O2S. The predicted octanol–water partition coefficient (Wildman–Crippen LogP) is 3.88. The Morgan fingerprint density at radius 3 is 2.84 bits per heavy atom. The fourth-order valence-corrected chi connectivity index (χ4v) is 3.57. The van der Waals surface area contributed by atoms with Crippen molar-refractivity contribution >= 4 is 35.0 Å². The molecule has 0 unspecified atom stereocenters. The zero-order chi connectivity index (χ0) is 17.8. The Morgan fingerprint density at radius 1 is 1.28 bits per heavy atom. The van der Waals surface area contributed by atoms with Crippen molar-refractivity contribution in [3.05, 3.63) is 47.7 Å². The van der Waals surface area contributed by atoms with Crippen LogP contribution in [0.15, 0.2) is 41.6 Å². The molecule has 25 heavy (non-hydrogen) atoms. The van der Waals surface area contributed by atoms with Gasteiger partial charge in [-0.3, -0.25) is 9.59 Å². The van der Waals surface area contributed by atoms with Gasteiger partial charge < -0.3 is 10.2 Å². The number of aryl methyl sites for hydroxylation is 1. The van der Waals surface area contributed by atoms with Crippen LogP contribution in [-0.2, 0) is 4.79 Å². The maximum absolute atomic E-state index is 12.5. The van der Waals surface area contributed by atoms with Crippen LogP contribution >= 0.6 is 11.8 Å². The monoisotopic (exact) mass is 355 g/mol. The molecule has 2 amide bonds. The van der Waals surface area contributed by atoms with Crippen LogP contribution in [0, 0.1) is 6.92 Å². The smallest absolute Gasteiger partial charge is 0.258 e. The summed E-state index contributed by atoms with van der Waals surface area (Å²) < 4.78 is 0. The molecular weight excluding hydrogens is 334 g/mol. The van der Waals surface area contributed by atoms with Crippen LogP contribution in [0.2, 0.25) is 0 Å². The molecule has 0 aliphatic carbocycles. The maximum Gasteiger partial charge on any atom is 0.258 e. The summed E-state index contributed by atoms with van der Waals surface area (Å²) in [5, 5.41) is 3.62. The predicted molar refractivity (Wildman–Crippen MR) is 101 cm³/mol. The first-order chi connectivity index (χ1) is 12.1. The average Bonchev–Trinajstić information content (AvgIpc) is 2.62. The second kappa shape index (κ2) is 7.70. The molecule has 0 spiro atoms. The van der Waals surface area contributed by atoms with Crippen LogP contribution in [0.3, 0.4) is 0 Å². The van der Waals surface area contributed by atoms with Gasteiger partial charge in [0.15, 0.2) is 0 Å². The molecule has 2 aromatic rings. The third kappa shape index (κ3) is 3.85. The first-order valence-corrected chi connectivity index (χ1v) is 9.54. The van der Waals surface area contributed by atoms with E-state index in [-0.39, 0.29) is 11.8 Å². The van der Waals surface area contributed by atoms with E-state index in [1.165, 1.54) is 11.8 Å². The minimum atomic E-state index is -0.182. The zero-order valence-electron chi connectivity index (χ0n) is 14.4. The molecule has 1 fully saturated rings. The van der Waals surface area contributed by atoms with Crippen LogP contribution in [0.4, 0.5) is 11.4 Å². The van der Waals surface area contributed by atoms with Gasteiger partial charge in [0.2, 0.25) is 5.91 Å². The Balaban J connectivity index is 1.79. The minimum Gasteiger partial charge on any atom is -0.322 e. The van der Waals surface area contributed by atoms with Gasteiger partial charge in [0.05, 0.1) is 5.56 Å². The lowest BCUT2D eigenvalue weighted by Crippen LogP contribution is -2.35. The van der Waals surface area contributed by atoms with Crippen molar-refractivity contribution in [3.8, 4) is 0 Å². The number of aromatic nitrogens is 1. The fourth-order valence-electron chi connectivity index (χ4n) is 3.02. The molecule has 0 bridgehead atoms. The summed E-state index contributed by atoms with van der Waals surface area (Å²) in [6.07, 6.45) is 6.18. The van der Waals surface area contributed by atoms with E-state index in [0.29, 0.717) is 22.7 Å². The molecule has 5 nitrogen and oxygen atoms in total. The highest BCUT2D eigenvalue weighted by Gasteiger charge is 2.21. The van der Waals surface area contributed by atoms with E-state index in [1.54, 1.807) is 18.3 Å². The van der Waals surface area contributed by atoms with Crippen molar-refractivity contribution in [1.29, 1.82) is 0 Å². The van der Waals surface area contributed by atoms with Gasteiger partial charge in [0, 0.05) is 30.5 Å². The Kier molecular flexibility index (Phi) is 5.38. The fraction of sp³-hybridized carbons (Fsp3) is 0.316. The van der Waals surface area contributed by atoms with Gasteiger partial charge in [-0.15, -0.1) is 11.8 Å². The SMILES string of the molecule is CSc1ncccc1C(=O)Nc1ccc(N2CCCCC2=O)c(C)c1. The number of nitrogens with zero attached hydrogens (tertiary/aromatic N) is 2. The molecule has 0 saturated carbocycles. The van der Waals surface area contributed by atoms with Crippen LogP contribution < -0.4 is 10.2 Å². The number of nitrogens with one attached hydrogen (secondary N) is 1. The van der Waals surface area contributed by atoms with E-state index in [4.69, 9.17) is 0 Å². The third-order valence-electron chi connectivity index (χ3n) is 4.28. The number of rotatable bonds is 4. The largest absolute Gasteiger partial charge is 0.322 e. The summed E-state index contributed by atoms with van der Waals surface area (Å²) in [5.74, 6) is -0.00948. The van der Waals surface area contributed by atoms with Crippen LogP contribution in [0.5, 0.6) is 0 Å². The molecule has 1 saturated heterocycles. The molecule has 1 N–H and O–H groups in total. The Bertz CT molecular complexity index is 807. The zero-order valence-corrected chi connectivity index (χ0v) is 15.2. The lowest BCUT2D eigenvalue weighted by Gasteiger charge is -2.28. The van der Waals surface area contributed by atoms with E-state index in [1.807, 2.05) is 36.3 Å². The van der Waals surface area contributed by atoms with Crippen molar-refractivity contribution in [2.75, 3.05) is 23.0 Å². The standard InChI is InChI=1S/C19H21N3O2S/c1-13-12-14(8-9-16(13)22-11-4-3-7-17(22)23)21-18(24)15-6-5-10-20-19(15)25-2/h5-6,8-10,12H,3-4,7,11H2,1-2H3,(H,21,24). The summed E-state index contributed by atoms with van der Waals surface area (Å²) in [6.45, 7) is 2.72. The number of benzene rings is 1. The number of carbonyl (C=O) groups is 2. The summed E-state index contributed by atoms with van der Waals surface area (Å²) in [4.78, 5) is 30.7. The molecule has 0 radical (unpaired) electrons. The second-order valence-corrected chi connectivity index (χ2v) is 6.81. The third-order valence-corrected chi connectivity index (χ3v) is 4.99. The quantitative estimate of drug-likeness (QED) is 0.846. The van der Waals surface area contributed by atoms with Gasteiger partial charge in [0.25, 0.3) is 5.91 Å².